The van der Waals surface area contributed by atoms with E-state index in [0.717, 1.165) is 12.8 Å². The quantitative estimate of drug-likeness (QED) is 0.810. The van der Waals surface area contributed by atoms with Crippen molar-refractivity contribution in [2.24, 2.45) is 0 Å². The molecule has 6 heteroatoms. The summed E-state index contributed by atoms with van der Waals surface area (Å²) in [6.07, 6.45) is 1.94. The van der Waals surface area contributed by atoms with Crippen molar-refractivity contribution in [3.63, 3.8) is 0 Å². The molecular formula is C20H19FN2O3. The van der Waals surface area contributed by atoms with E-state index in [1.54, 1.807) is 24.3 Å². The van der Waals surface area contributed by atoms with Crippen molar-refractivity contribution in [3.8, 4) is 0 Å². The number of nitrogens with zero attached hydrogens (tertiary/aromatic N) is 1. The number of amides is 2. The first-order valence-corrected chi connectivity index (χ1v) is 8.40. The Morgan fingerprint density at radius 3 is 2.27 bits per heavy atom. The van der Waals surface area contributed by atoms with Crippen LogP contribution < -0.4 is 5.32 Å². The number of carbonyl (C=O) groups is 3. The zero-order chi connectivity index (χ0) is 18.7. The number of halogens is 1. The van der Waals surface area contributed by atoms with Gasteiger partial charge in [-0.3, -0.25) is 14.4 Å². The second kappa shape index (κ2) is 7.47. The summed E-state index contributed by atoms with van der Waals surface area (Å²) in [5.74, 6) is -1.44. The topological polar surface area (TPSA) is 66.5 Å². The largest absolute Gasteiger partial charge is 0.352 e. The minimum absolute atomic E-state index is 0.0750. The maximum absolute atomic E-state index is 13.1. The Kier molecular flexibility index (Phi) is 5.11. The van der Waals surface area contributed by atoms with Gasteiger partial charge in [0.2, 0.25) is 5.91 Å². The van der Waals surface area contributed by atoms with E-state index in [1.165, 1.54) is 36.2 Å². The van der Waals surface area contributed by atoms with Gasteiger partial charge < -0.3 is 10.2 Å². The van der Waals surface area contributed by atoms with E-state index >= 15 is 0 Å². The van der Waals surface area contributed by atoms with Crippen LogP contribution in [-0.4, -0.2) is 42.1 Å². The molecule has 2 aromatic carbocycles. The molecule has 5 nitrogen and oxygen atoms in total. The van der Waals surface area contributed by atoms with E-state index in [9.17, 15) is 18.8 Å². The molecule has 2 amide bonds. The molecule has 1 saturated carbocycles. The average molecular weight is 354 g/mol. The molecule has 0 heterocycles. The standard InChI is InChI=1S/C20H19FN2O3/c1-23(12-18(24)22-15-10-11-15)20(26)17-5-3-2-4-16(17)19(25)13-6-8-14(21)9-7-13/h2-9,15H,10-12H2,1H3,(H,22,24). The number of likely N-dealkylation sites (N-methyl/N-ethyl adjacent to an activating group) is 1. The molecule has 26 heavy (non-hydrogen) atoms. The van der Waals surface area contributed by atoms with E-state index in [-0.39, 0.29) is 35.4 Å². The molecule has 0 radical (unpaired) electrons. The SMILES string of the molecule is CN(CC(=O)NC1CC1)C(=O)c1ccccc1C(=O)c1ccc(F)cc1. The van der Waals surface area contributed by atoms with Crippen molar-refractivity contribution >= 4 is 17.6 Å². The van der Waals surface area contributed by atoms with Gasteiger partial charge in [-0.1, -0.05) is 18.2 Å². The Morgan fingerprint density at radius 1 is 1.04 bits per heavy atom. The molecule has 1 N–H and O–H groups in total. The lowest BCUT2D eigenvalue weighted by Crippen LogP contribution is -2.39. The summed E-state index contributed by atoms with van der Waals surface area (Å²) < 4.78 is 13.1. The Morgan fingerprint density at radius 2 is 1.65 bits per heavy atom. The molecule has 0 atom stereocenters. The molecule has 0 aromatic heterocycles. The Bertz CT molecular complexity index is 844. The number of hydrogen-bond donors (Lipinski definition) is 1. The molecule has 1 fully saturated rings. The van der Waals surface area contributed by atoms with E-state index in [2.05, 4.69) is 5.32 Å². The smallest absolute Gasteiger partial charge is 0.254 e. The van der Waals surface area contributed by atoms with E-state index < -0.39 is 11.7 Å². The van der Waals surface area contributed by atoms with Crippen molar-refractivity contribution in [1.29, 1.82) is 0 Å². The lowest BCUT2D eigenvalue weighted by atomic mass is 9.97. The fourth-order valence-electron chi connectivity index (χ4n) is 2.62. The number of benzene rings is 2. The molecule has 0 spiro atoms. The van der Waals surface area contributed by atoms with Crippen LogP contribution in [0.3, 0.4) is 0 Å². The van der Waals surface area contributed by atoms with Crippen molar-refractivity contribution in [3.05, 3.63) is 71.0 Å². The van der Waals surface area contributed by atoms with Crippen molar-refractivity contribution < 1.29 is 18.8 Å². The zero-order valence-corrected chi connectivity index (χ0v) is 14.4. The average Bonchev–Trinajstić information content (AvgIpc) is 3.45. The molecule has 3 rings (SSSR count). The third-order valence-electron chi connectivity index (χ3n) is 4.18. The summed E-state index contributed by atoms with van der Waals surface area (Å²) in [4.78, 5) is 38.6. The van der Waals surface area contributed by atoms with Gasteiger partial charge in [-0.2, -0.15) is 0 Å². The second-order valence-electron chi connectivity index (χ2n) is 6.38. The molecule has 0 saturated heterocycles. The monoisotopic (exact) mass is 354 g/mol. The number of rotatable bonds is 6. The van der Waals surface area contributed by atoms with Crippen LogP contribution in [0.25, 0.3) is 0 Å². The number of carbonyl (C=O) groups excluding carboxylic acids is 3. The fraction of sp³-hybridized carbons (Fsp3) is 0.250. The van der Waals surface area contributed by atoms with Gasteiger partial charge in [0.15, 0.2) is 5.78 Å². The van der Waals surface area contributed by atoms with Gasteiger partial charge >= 0.3 is 0 Å². The van der Waals surface area contributed by atoms with Crippen LogP contribution in [0.2, 0.25) is 0 Å². The molecule has 2 aromatic rings. The lowest BCUT2D eigenvalue weighted by molar-refractivity contribution is -0.121. The highest BCUT2D eigenvalue weighted by atomic mass is 19.1. The third kappa shape index (κ3) is 4.14. The third-order valence-corrected chi connectivity index (χ3v) is 4.18. The predicted octanol–water partition coefficient (Wildman–Crippen LogP) is 2.41. The summed E-state index contributed by atoms with van der Waals surface area (Å²) in [7, 11) is 1.52. The zero-order valence-electron chi connectivity index (χ0n) is 14.4. The normalized spacial score (nSPS) is 13.2. The Balaban J connectivity index is 1.79. The van der Waals surface area contributed by atoms with Gasteiger partial charge in [-0.25, -0.2) is 4.39 Å². The van der Waals surface area contributed by atoms with Crippen LogP contribution >= 0.6 is 0 Å². The summed E-state index contributed by atoms with van der Waals surface area (Å²) in [5.41, 5.74) is 0.725. The summed E-state index contributed by atoms with van der Waals surface area (Å²) in [6.45, 7) is -0.0750. The van der Waals surface area contributed by atoms with Crippen LogP contribution in [0.15, 0.2) is 48.5 Å². The van der Waals surface area contributed by atoms with E-state index in [1.807, 2.05) is 0 Å². The molecule has 0 aliphatic heterocycles. The van der Waals surface area contributed by atoms with Crippen molar-refractivity contribution in [2.45, 2.75) is 18.9 Å². The van der Waals surface area contributed by atoms with E-state index in [4.69, 9.17) is 0 Å². The summed E-state index contributed by atoms with van der Waals surface area (Å²) in [5, 5.41) is 2.82. The molecular weight excluding hydrogens is 335 g/mol. The van der Waals surface area contributed by atoms with Crippen LogP contribution in [0, 0.1) is 5.82 Å². The van der Waals surface area contributed by atoms with Gasteiger partial charge in [0, 0.05) is 24.2 Å². The number of nitrogens with one attached hydrogen (secondary N) is 1. The molecule has 0 unspecified atom stereocenters. The highest BCUT2D eigenvalue weighted by Gasteiger charge is 2.26. The van der Waals surface area contributed by atoms with E-state index in [0.29, 0.717) is 5.56 Å². The predicted molar refractivity (Wildman–Crippen MR) is 94.4 cm³/mol. The maximum atomic E-state index is 13.1. The fourth-order valence-corrected chi connectivity index (χ4v) is 2.62. The van der Waals surface area contributed by atoms with Gasteiger partial charge in [0.1, 0.15) is 5.82 Å². The van der Waals surface area contributed by atoms with Crippen LogP contribution in [-0.2, 0) is 4.79 Å². The number of hydrogen-bond acceptors (Lipinski definition) is 3. The molecule has 0 bridgehead atoms. The van der Waals surface area contributed by atoms with Gasteiger partial charge in [0.25, 0.3) is 5.91 Å². The van der Waals surface area contributed by atoms with Gasteiger partial charge in [0.05, 0.1) is 12.1 Å². The molecule has 134 valence electrons. The Labute approximate surface area is 150 Å². The first kappa shape index (κ1) is 17.8. The number of ketones is 1. The summed E-state index contributed by atoms with van der Waals surface area (Å²) in [6, 6.07) is 11.8. The first-order chi connectivity index (χ1) is 12.5. The van der Waals surface area contributed by atoms with Gasteiger partial charge in [-0.05, 0) is 43.2 Å². The molecule has 1 aliphatic rings. The first-order valence-electron chi connectivity index (χ1n) is 8.40. The van der Waals surface area contributed by atoms with Crippen LogP contribution in [0.1, 0.15) is 39.1 Å². The van der Waals surface area contributed by atoms with Crippen molar-refractivity contribution in [2.75, 3.05) is 13.6 Å². The Hall–Kier alpha value is -3.02. The van der Waals surface area contributed by atoms with Crippen LogP contribution in [0.5, 0.6) is 0 Å². The highest BCUT2D eigenvalue weighted by molar-refractivity contribution is 6.15. The van der Waals surface area contributed by atoms with Crippen molar-refractivity contribution in [1.82, 2.24) is 10.2 Å². The lowest BCUT2D eigenvalue weighted by Gasteiger charge is -2.18. The minimum atomic E-state index is -0.438. The second-order valence-corrected chi connectivity index (χ2v) is 6.38. The minimum Gasteiger partial charge on any atom is -0.352 e. The highest BCUT2D eigenvalue weighted by Crippen LogP contribution is 2.19. The van der Waals surface area contributed by atoms with Gasteiger partial charge in [-0.15, -0.1) is 0 Å². The maximum Gasteiger partial charge on any atom is 0.254 e. The molecule has 1 aliphatic carbocycles. The summed E-state index contributed by atoms with van der Waals surface area (Å²) >= 11 is 0. The van der Waals surface area contributed by atoms with Crippen LogP contribution in [0.4, 0.5) is 4.39 Å².